The van der Waals surface area contributed by atoms with Gasteiger partial charge in [-0.2, -0.15) is 0 Å². The number of rotatable bonds is 3. The van der Waals surface area contributed by atoms with Crippen molar-refractivity contribution in [3.05, 3.63) is 0 Å². The van der Waals surface area contributed by atoms with E-state index in [-0.39, 0.29) is 12.1 Å². The number of aliphatic hydroxyl groups excluding tert-OH is 1. The fourth-order valence-corrected chi connectivity index (χ4v) is 1.77. The molecule has 1 N–H and O–H groups in total. The molecule has 0 aromatic heterocycles. The second kappa shape index (κ2) is 4.64. The van der Waals surface area contributed by atoms with Gasteiger partial charge in [-0.1, -0.05) is 0 Å². The van der Waals surface area contributed by atoms with E-state index < -0.39 is 6.10 Å². The normalized spacial score (nSPS) is 20.5. The van der Waals surface area contributed by atoms with E-state index in [0.29, 0.717) is 6.54 Å². The third-order valence-electron chi connectivity index (χ3n) is 2.45. The van der Waals surface area contributed by atoms with Crippen LogP contribution in [0, 0.1) is 0 Å². The molecule has 82 valence electrons. The summed E-state index contributed by atoms with van der Waals surface area (Å²) in [6.45, 7) is 7.80. The molecule has 0 aromatic carbocycles. The maximum absolute atomic E-state index is 11.8. The van der Waals surface area contributed by atoms with Crippen molar-refractivity contribution in [2.75, 3.05) is 19.6 Å². The Morgan fingerprint density at radius 2 is 2.00 bits per heavy atom. The molecule has 1 aliphatic rings. The van der Waals surface area contributed by atoms with Crippen molar-refractivity contribution in [3.63, 3.8) is 0 Å². The zero-order valence-corrected chi connectivity index (χ0v) is 9.23. The maximum Gasteiger partial charge on any atom is 0.320 e. The Bertz CT molecular complexity index is 204. The van der Waals surface area contributed by atoms with Gasteiger partial charge in [-0.05, 0) is 27.2 Å². The minimum absolute atomic E-state index is 0.0622. The number of carbonyl (C=O) groups excluding carboxylic acids is 1. The van der Waals surface area contributed by atoms with Gasteiger partial charge in [0.1, 0.15) is 0 Å². The van der Waals surface area contributed by atoms with Gasteiger partial charge in [0.2, 0.25) is 0 Å². The molecule has 2 amide bonds. The van der Waals surface area contributed by atoms with Crippen LogP contribution in [-0.4, -0.2) is 52.7 Å². The molecule has 1 saturated heterocycles. The standard InChI is InChI=1S/C10H20N2O2/c1-8(2)12-6-4-5-11(10(12)14)7-9(3)13/h8-9,13H,4-7H2,1-3H3. The van der Waals surface area contributed by atoms with Crippen molar-refractivity contribution in [2.24, 2.45) is 0 Å². The Balaban J connectivity index is 2.57. The Hall–Kier alpha value is -0.770. The first kappa shape index (κ1) is 11.3. The summed E-state index contributed by atoms with van der Waals surface area (Å²) in [5.74, 6) is 0. The number of β-amino-alcohol motifs (C(OH)–C–C–N with tert-alkyl or cyclic N) is 1. The molecule has 0 spiro atoms. The van der Waals surface area contributed by atoms with Gasteiger partial charge in [0, 0.05) is 25.7 Å². The average Bonchev–Trinajstić information content (AvgIpc) is 2.07. The van der Waals surface area contributed by atoms with Crippen molar-refractivity contribution in [2.45, 2.75) is 39.3 Å². The van der Waals surface area contributed by atoms with Crippen LogP contribution in [0.15, 0.2) is 0 Å². The van der Waals surface area contributed by atoms with Gasteiger partial charge < -0.3 is 14.9 Å². The van der Waals surface area contributed by atoms with E-state index >= 15 is 0 Å². The van der Waals surface area contributed by atoms with Crippen LogP contribution in [0.1, 0.15) is 27.2 Å². The molecule has 0 bridgehead atoms. The molecule has 0 aromatic rings. The lowest BCUT2D eigenvalue weighted by Crippen LogP contribution is -2.53. The minimum atomic E-state index is -0.439. The third-order valence-corrected chi connectivity index (χ3v) is 2.45. The van der Waals surface area contributed by atoms with Crippen LogP contribution in [0.25, 0.3) is 0 Å². The van der Waals surface area contributed by atoms with Gasteiger partial charge in [0.15, 0.2) is 0 Å². The van der Waals surface area contributed by atoms with E-state index in [2.05, 4.69) is 0 Å². The molecule has 1 unspecified atom stereocenters. The van der Waals surface area contributed by atoms with Gasteiger partial charge in [0.05, 0.1) is 6.10 Å². The van der Waals surface area contributed by atoms with E-state index in [1.807, 2.05) is 18.7 Å². The van der Waals surface area contributed by atoms with Crippen LogP contribution in [0.3, 0.4) is 0 Å². The first-order valence-electron chi connectivity index (χ1n) is 5.26. The Kier molecular flexibility index (Phi) is 3.75. The molecule has 1 aliphatic heterocycles. The quantitative estimate of drug-likeness (QED) is 0.735. The molecule has 0 radical (unpaired) electrons. The molecule has 1 rings (SSSR count). The SMILES string of the molecule is CC(O)CN1CCCN(C(C)C)C1=O. The highest BCUT2D eigenvalue weighted by Crippen LogP contribution is 2.12. The maximum atomic E-state index is 11.8. The van der Waals surface area contributed by atoms with E-state index in [4.69, 9.17) is 0 Å². The van der Waals surface area contributed by atoms with E-state index in [0.717, 1.165) is 19.5 Å². The lowest BCUT2D eigenvalue weighted by atomic mass is 10.2. The topological polar surface area (TPSA) is 43.8 Å². The van der Waals surface area contributed by atoms with Gasteiger partial charge in [-0.3, -0.25) is 0 Å². The number of urea groups is 1. The molecule has 0 aliphatic carbocycles. The monoisotopic (exact) mass is 200 g/mol. The fourth-order valence-electron chi connectivity index (χ4n) is 1.77. The molecule has 1 fully saturated rings. The van der Waals surface area contributed by atoms with Gasteiger partial charge >= 0.3 is 6.03 Å². The molecule has 4 heteroatoms. The summed E-state index contributed by atoms with van der Waals surface area (Å²) in [7, 11) is 0. The summed E-state index contributed by atoms with van der Waals surface area (Å²) < 4.78 is 0. The van der Waals surface area contributed by atoms with Crippen LogP contribution in [-0.2, 0) is 0 Å². The average molecular weight is 200 g/mol. The van der Waals surface area contributed by atoms with Crippen LogP contribution in [0.2, 0.25) is 0 Å². The summed E-state index contributed by atoms with van der Waals surface area (Å²) in [5.41, 5.74) is 0. The number of carbonyl (C=O) groups is 1. The fraction of sp³-hybridized carbons (Fsp3) is 0.900. The number of amides is 2. The predicted molar refractivity (Wildman–Crippen MR) is 55.1 cm³/mol. The predicted octanol–water partition coefficient (Wildman–Crippen LogP) is 0.903. The summed E-state index contributed by atoms with van der Waals surface area (Å²) in [6.07, 6.45) is 0.558. The highest BCUT2D eigenvalue weighted by Gasteiger charge is 2.27. The lowest BCUT2D eigenvalue weighted by Gasteiger charge is -2.38. The highest BCUT2D eigenvalue weighted by atomic mass is 16.3. The van der Waals surface area contributed by atoms with Crippen molar-refractivity contribution < 1.29 is 9.90 Å². The Morgan fingerprint density at radius 3 is 2.50 bits per heavy atom. The van der Waals surface area contributed by atoms with Crippen LogP contribution < -0.4 is 0 Å². The summed E-state index contributed by atoms with van der Waals surface area (Å²) >= 11 is 0. The molecule has 0 saturated carbocycles. The zero-order valence-electron chi connectivity index (χ0n) is 9.23. The number of aliphatic hydroxyl groups is 1. The second-order valence-corrected chi connectivity index (χ2v) is 4.22. The number of hydrogen-bond acceptors (Lipinski definition) is 2. The van der Waals surface area contributed by atoms with Crippen molar-refractivity contribution >= 4 is 6.03 Å². The third kappa shape index (κ3) is 2.61. The number of hydrogen-bond donors (Lipinski definition) is 1. The van der Waals surface area contributed by atoms with Gasteiger partial charge in [0.25, 0.3) is 0 Å². The van der Waals surface area contributed by atoms with Gasteiger partial charge in [-0.15, -0.1) is 0 Å². The molecule has 14 heavy (non-hydrogen) atoms. The minimum Gasteiger partial charge on any atom is -0.392 e. The summed E-state index contributed by atoms with van der Waals surface area (Å²) in [4.78, 5) is 15.4. The smallest absolute Gasteiger partial charge is 0.320 e. The first-order valence-corrected chi connectivity index (χ1v) is 5.26. The van der Waals surface area contributed by atoms with Crippen LogP contribution >= 0.6 is 0 Å². The largest absolute Gasteiger partial charge is 0.392 e. The molecule has 1 atom stereocenters. The summed E-state index contributed by atoms with van der Waals surface area (Å²) in [5, 5.41) is 9.23. The molecule has 1 heterocycles. The summed E-state index contributed by atoms with van der Waals surface area (Å²) in [6, 6.07) is 0.312. The first-order chi connectivity index (χ1) is 6.52. The van der Waals surface area contributed by atoms with Crippen molar-refractivity contribution in [1.82, 2.24) is 9.80 Å². The van der Waals surface area contributed by atoms with Gasteiger partial charge in [-0.25, -0.2) is 4.79 Å². The molecular formula is C10H20N2O2. The zero-order chi connectivity index (χ0) is 10.7. The van der Waals surface area contributed by atoms with E-state index in [9.17, 15) is 9.90 Å². The second-order valence-electron chi connectivity index (χ2n) is 4.22. The van der Waals surface area contributed by atoms with Crippen LogP contribution in [0.4, 0.5) is 4.79 Å². The van der Waals surface area contributed by atoms with E-state index in [1.54, 1.807) is 11.8 Å². The van der Waals surface area contributed by atoms with Crippen molar-refractivity contribution in [3.8, 4) is 0 Å². The molecular weight excluding hydrogens is 180 g/mol. The lowest BCUT2D eigenvalue weighted by molar-refractivity contribution is 0.0846. The number of nitrogens with zero attached hydrogens (tertiary/aromatic N) is 2. The highest BCUT2D eigenvalue weighted by molar-refractivity contribution is 5.75. The Morgan fingerprint density at radius 1 is 1.36 bits per heavy atom. The Labute approximate surface area is 85.5 Å². The van der Waals surface area contributed by atoms with E-state index in [1.165, 1.54) is 0 Å². The van der Waals surface area contributed by atoms with Crippen molar-refractivity contribution in [1.29, 1.82) is 0 Å². The molecule has 4 nitrogen and oxygen atoms in total. The van der Waals surface area contributed by atoms with Crippen LogP contribution in [0.5, 0.6) is 0 Å².